The Hall–Kier alpha value is -17.2. The van der Waals surface area contributed by atoms with Crippen molar-refractivity contribution in [3.63, 3.8) is 0 Å². The Bertz CT molecular complexity index is 8390. The quantitative estimate of drug-likeness (QED) is 0.0962. The molecule has 0 spiro atoms. The number of benzene rings is 5. The van der Waals surface area contributed by atoms with Crippen LogP contribution in [0.1, 0.15) is 11.5 Å². The SMILES string of the molecule is COc1cc2ncc3c(c2cc1-c1ccc2nc(C)[nH]c2c1)n(-c1cn(C)nc1C)c(=O)n3C.COc1cc2ncc3c(c2cc1-c1cn(C)nn1)n(-c1c(F)cncc1OC)c(=O)n3C.COc1cc2ncc3c(c2cc1-c1cn[nH]n1)n(-c1c(F)cncc1OC)c(=O)n3C.COc1cnc(-n2c(=O)n(C)c3cnc4cc(OC)c(-c5cn(C)nn5)cc4c32)c(F)c1. The third kappa shape index (κ3) is 13.8. The van der Waals surface area contributed by atoms with Crippen LogP contribution in [0.15, 0.2) is 173 Å². The highest BCUT2D eigenvalue weighted by Crippen LogP contribution is 2.43. The summed E-state index contributed by atoms with van der Waals surface area (Å²) in [5.41, 5.74) is 14.3. The van der Waals surface area contributed by atoms with Crippen LogP contribution in [0.3, 0.4) is 0 Å². The lowest BCUT2D eigenvalue weighted by molar-refractivity contribution is 0.406. The smallest absolute Gasteiger partial charge is 0.334 e. The number of halogens is 3. The number of nitrogens with one attached hydrogen (secondary N) is 2. The number of hydrogen-bond donors (Lipinski definition) is 2. The van der Waals surface area contributed by atoms with E-state index in [1.54, 1.807) is 162 Å². The number of nitrogens with zero attached hydrogens (tertiary/aromatic N) is 26. The third-order valence-electron chi connectivity index (χ3n) is 22.2. The standard InChI is InChI=1S/C25H23N7O2.2C21H18FN7O3.C20H16FN7O3/c1-13-22(12-30(3)29-13)32-24-17-9-16(15-6-7-18-20(8-15)28-14(2)27-18)23(34-5)10-19(17)26-11-21(24)31(4)25(32)33;1-27-10-15(25-26-27)11-5-12-14(6-17(11)31-3)24-8-16-19(12)29(21(30)28(16)2)20-13(22)7-23-9-18(20)32-4;1-27-10-16(25-26-27)12-6-13-15(7-18(12)32-4)23-9-17-19(13)29(21(30)28(17)2)20-14(22)5-11(31-3)8-24-20;1-27-15-8-23-13-5-16(30-2)10(14-7-24-26-25-14)4-11(13)18(15)28(20(27)29)19-12(21)6-22-9-17(19)31-3/h6-12H,1-5H3,(H,27,28);2*5-10H,1-4H3;4-9H,1-3H3,(H,24,25,26). The number of ether oxygens (including phenoxy) is 7. The number of aromatic amines is 2. The van der Waals surface area contributed by atoms with E-state index in [-0.39, 0.29) is 40.1 Å². The van der Waals surface area contributed by atoms with E-state index >= 15 is 0 Å². The van der Waals surface area contributed by atoms with Crippen LogP contribution >= 0.6 is 0 Å². The minimum atomic E-state index is -0.691. The van der Waals surface area contributed by atoms with Gasteiger partial charge in [0, 0.05) is 130 Å². The van der Waals surface area contributed by atoms with Gasteiger partial charge in [-0.05, 0) is 55.8 Å². The number of methoxy groups -OCH3 is 7. The van der Waals surface area contributed by atoms with Gasteiger partial charge in [0.25, 0.3) is 0 Å². The number of aromatic nitrogens is 28. The molecule has 0 aliphatic rings. The number of H-pyrrole nitrogens is 2. The fourth-order valence-electron chi connectivity index (χ4n) is 16.1. The van der Waals surface area contributed by atoms with Crippen molar-refractivity contribution in [3.8, 4) is 108 Å². The summed E-state index contributed by atoms with van der Waals surface area (Å²) in [6, 6.07) is 21.9. The summed E-state index contributed by atoms with van der Waals surface area (Å²) in [6.07, 6.45) is 19.5. The molecule has 129 heavy (non-hydrogen) atoms. The fourth-order valence-corrected chi connectivity index (χ4v) is 16.1. The van der Waals surface area contributed by atoms with Gasteiger partial charge < -0.3 is 38.1 Å². The van der Waals surface area contributed by atoms with Crippen LogP contribution in [0.4, 0.5) is 13.2 Å². The van der Waals surface area contributed by atoms with E-state index < -0.39 is 34.5 Å². The molecule has 0 saturated carbocycles. The molecule has 5 aromatic carbocycles. The molecule has 0 bridgehead atoms. The molecule has 16 heterocycles. The number of rotatable bonds is 15. The lowest BCUT2D eigenvalue weighted by Crippen LogP contribution is -2.22. The average molecular weight is 1750 g/mol. The van der Waals surface area contributed by atoms with E-state index in [1.165, 1.54) is 73.4 Å². The first-order valence-electron chi connectivity index (χ1n) is 39.2. The summed E-state index contributed by atoms with van der Waals surface area (Å²) < 4.78 is 99.0. The Labute approximate surface area is 723 Å². The monoisotopic (exact) mass is 1740 g/mol. The topological polar surface area (TPSA) is 412 Å². The molecule has 0 amide bonds. The molecule has 21 rings (SSSR count). The second kappa shape index (κ2) is 32.5. The van der Waals surface area contributed by atoms with Crippen LogP contribution < -0.4 is 55.9 Å². The van der Waals surface area contributed by atoms with Crippen LogP contribution in [-0.2, 0) is 49.3 Å². The molecule has 0 radical (unpaired) electrons. The highest BCUT2D eigenvalue weighted by Gasteiger charge is 2.30. The summed E-state index contributed by atoms with van der Waals surface area (Å²) in [4.78, 5) is 90.6. The van der Waals surface area contributed by atoms with Gasteiger partial charge in [-0.15, -0.1) is 10.2 Å². The molecular weight excluding hydrogens is 1670 g/mol. The van der Waals surface area contributed by atoms with Crippen LogP contribution in [0, 0.1) is 31.3 Å². The molecule has 42 heteroatoms. The zero-order valence-electron chi connectivity index (χ0n) is 71.7. The van der Waals surface area contributed by atoms with Crippen molar-refractivity contribution in [1.82, 2.24) is 137 Å². The maximum absolute atomic E-state index is 14.9. The fraction of sp³-hybridized carbons (Fsp3) is 0.184. The Morgan fingerprint density at radius 2 is 0.798 bits per heavy atom. The average Bonchev–Trinajstić information content (AvgIpc) is 1.60. The van der Waals surface area contributed by atoms with Crippen molar-refractivity contribution in [2.75, 3.05) is 49.8 Å². The van der Waals surface area contributed by atoms with Crippen LogP contribution in [0.2, 0.25) is 0 Å². The van der Waals surface area contributed by atoms with Gasteiger partial charge in [0.15, 0.2) is 34.8 Å². The summed E-state index contributed by atoms with van der Waals surface area (Å²) in [5, 5.41) is 34.0. The summed E-state index contributed by atoms with van der Waals surface area (Å²) in [6.45, 7) is 3.84. The normalized spacial score (nSPS) is 11.5. The largest absolute Gasteiger partial charge is 0.496 e. The molecule has 0 fully saturated rings. The van der Waals surface area contributed by atoms with Crippen LogP contribution in [0.25, 0.3) is 167 Å². The van der Waals surface area contributed by atoms with Gasteiger partial charge in [0.1, 0.15) is 63.0 Å². The third-order valence-corrected chi connectivity index (χ3v) is 22.2. The molecule has 0 atom stereocenters. The summed E-state index contributed by atoms with van der Waals surface area (Å²) in [5.74, 6) is 1.50. The van der Waals surface area contributed by atoms with Gasteiger partial charge in [-0.1, -0.05) is 16.5 Å². The predicted molar refractivity (Wildman–Crippen MR) is 471 cm³/mol. The first-order valence-corrected chi connectivity index (χ1v) is 39.2. The van der Waals surface area contributed by atoms with Crippen molar-refractivity contribution < 1.29 is 46.3 Å². The molecule has 0 aliphatic heterocycles. The van der Waals surface area contributed by atoms with Gasteiger partial charge in [0.2, 0.25) is 0 Å². The molecule has 21 aromatic rings. The van der Waals surface area contributed by atoms with E-state index in [9.17, 15) is 32.3 Å². The zero-order valence-corrected chi connectivity index (χ0v) is 71.7. The second-order valence-corrected chi connectivity index (χ2v) is 29.7. The molecule has 39 nitrogen and oxygen atoms in total. The van der Waals surface area contributed by atoms with E-state index in [0.29, 0.717) is 123 Å². The number of hydrogen-bond acceptors (Lipinski definition) is 26. The van der Waals surface area contributed by atoms with Gasteiger partial charge in [-0.25, -0.2) is 46.9 Å². The van der Waals surface area contributed by atoms with E-state index in [0.717, 1.165) is 73.7 Å². The Morgan fingerprint density at radius 3 is 1.20 bits per heavy atom. The minimum absolute atomic E-state index is 0.0255. The lowest BCUT2D eigenvalue weighted by atomic mass is 10.0. The first kappa shape index (κ1) is 82.7. The minimum Gasteiger partial charge on any atom is -0.496 e. The van der Waals surface area contributed by atoms with Crippen LogP contribution in [0.5, 0.6) is 40.2 Å². The highest BCUT2D eigenvalue weighted by atomic mass is 19.1. The number of pyridine rings is 7. The van der Waals surface area contributed by atoms with Crippen molar-refractivity contribution in [3.05, 3.63) is 224 Å². The molecule has 0 aliphatic carbocycles. The Balaban J connectivity index is 0.000000116. The van der Waals surface area contributed by atoms with E-state index in [2.05, 4.69) is 98.1 Å². The van der Waals surface area contributed by atoms with E-state index in [4.69, 9.17) is 33.2 Å². The first-order chi connectivity index (χ1) is 62.3. The lowest BCUT2D eigenvalue weighted by Gasteiger charge is -2.12. The Morgan fingerprint density at radius 1 is 0.380 bits per heavy atom. The number of aryl methyl sites for hydroxylation is 9. The maximum atomic E-state index is 14.9. The van der Waals surface area contributed by atoms with Gasteiger partial charge in [-0.3, -0.25) is 75.9 Å². The second-order valence-electron chi connectivity index (χ2n) is 29.7. The number of imidazole rings is 5. The van der Waals surface area contributed by atoms with Crippen molar-refractivity contribution >= 4 is 98.8 Å². The summed E-state index contributed by atoms with van der Waals surface area (Å²) in [7, 11) is 22.4. The molecule has 650 valence electrons. The summed E-state index contributed by atoms with van der Waals surface area (Å²) >= 11 is 0. The number of fused-ring (bicyclic) bond motifs is 13. The maximum Gasteiger partial charge on any atom is 0.334 e. The van der Waals surface area contributed by atoms with Gasteiger partial charge in [0.05, 0.1) is 213 Å². The van der Waals surface area contributed by atoms with Crippen molar-refractivity contribution in [2.24, 2.45) is 49.3 Å². The Kier molecular flexibility index (Phi) is 20.8. The molecule has 2 N–H and O–H groups in total. The molecular formula is C87H75F3N28O11. The van der Waals surface area contributed by atoms with Gasteiger partial charge >= 0.3 is 22.8 Å². The molecule has 0 unspecified atom stereocenters. The van der Waals surface area contributed by atoms with Crippen LogP contribution in [-0.4, -0.2) is 186 Å². The predicted octanol–water partition coefficient (Wildman–Crippen LogP) is 10.4. The van der Waals surface area contributed by atoms with Crippen molar-refractivity contribution in [2.45, 2.75) is 13.8 Å². The highest BCUT2D eigenvalue weighted by molar-refractivity contribution is 6.09. The van der Waals surface area contributed by atoms with Gasteiger partial charge in [-0.2, -0.15) is 20.5 Å². The molecule has 16 aromatic heterocycles. The zero-order chi connectivity index (χ0) is 90.6. The van der Waals surface area contributed by atoms with Crippen molar-refractivity contribution in [1.29, 1.82) is 0 Å². The molecule has 0 saturated heterocycles. The van der Waals surface area contributed by atoms with E-state index in [1.807, 2.05) is 57.4 Å².